The summed E-state index contributed by atoms with van der Waals surface area (Å²) in [6.07, 6.45) is 0. The van der Waals surface area contributed by atoms with Crippen LogP contribution in [0.1, 0.15) is 36.6 Å². The van der Waals surface area contributed by atoms with Crippen LogP contribution in [0.2, 0.25) is 0 Å². The molecule has 0 amide bonds. The molecule has 3 heteroatoms. The predicted molar refractivity (Wildman–Crippen MR) is 86.0 cm³/mol. The Kier molecular flexibility index (Phi) is 7.20. The molecule has 2 N–H and O–H groups in total. The van der Waals surface area contributed by atoms with E-state index in [1.165, 1.54) is 16.7 Å². The largest absolute Gasteiger partial charge is 0.383 e. The third-order valence-electron chi connectivity index (χ3n) is 3.64. The number of ether oxygens (including phenoxy) is 1. The van der Waals surface area contributed by atoms with Gasteiger partial charge in [0.25, 0.3) is 0 Å². The Bertz CT molecular complexity index is 404. The third-order valence-corrected chi connectivity index (χ3v) is 3.64. The second-order valence-electron chi connectivity index (χ2n) is 5.99. The fraction of sp³-hybridized carbons (Fsp3) is 0.647. The standard InChI is InChI=1S/C17H30N2O/c1-13(2)12-19(8-9-20-5)17(11-18)16-10-14(3)6-7-15(16)4/h6-7,10,13,17H,8-9,11-12,18H2,1-5H3. The molecule has 114 valence electrons. The highest BCUT2D eigenvalue weighted by atomic mass is 16.5. The van der Waals surface area contributed by atoms with E-state index in [9.17, 15) is 0 Å². The zero-order valence-electron chi connectivity index (χ0n) is 13.6. The van der Waals surface area contributed by atoms with Crippen molar-refractivity contribution in [1.82, 2.24) is 4.90 Å². The van der Waals surface area contributed by atoms with Crippen LogP contribution in [-0.2, 0) is 4.74 Å². The van der Waals surface area contributed by atoms with Gasteiger partial charge in [-0.1, -0.05) is 37.6 Å². The number of nitrogens with zero attached hydrogens (tertiary/aromatic N) is 1. The molecule has 0 heterocycles. The van der Waals surface area contributed by atoms with Gasteiger partial charge in [-0.2, -0.15) is 0 Å². The van der Waals surface area contributed by atoms with Crippen molar-refractivity contribution in [3.63, 3.8) is 0 Å². The normalized spacial score (nSPS) is 13.2. The molecule has 3 nitrogen and oxygen atoms in total. The van der Waals surface area contributed by atoms with Gasteiger partial charge in [-0.3, -0.25) is 4.90 Å². The van der Waals surface area contributed by atoms with Gasteiger partial charge in [0.1, 0.15) is 0 Å². The minimum Gasteiger partial charge on any atom is -0.383 e. The molecule has 0 bridgehead atoms. The predicted octanol–water partition coefficient (Wildman–Crippen LogP) is 2.91. The molecule has 0 saturated heterocycles. The first-order valence-corrected chi connectivity index (χ1v) is 7.49. The monoisotopic (exact) mass is 278 g/mol. The van der Waals surface area contributed by atoms with Crippen molar-refractivity contribution in [2.75, 3.05) is 33.4 Å². The van der Waals surface area contributed by atoms with Crippen LogP contribution in [0.3, 0.4) is 0 Å². The molecule has 20 heavy (non-hydrogen) atoms. The van der Waals surface area contributed by atoms with Gasteiger partial charge in [-0.05, 0) is 30.9 Å². The van der Waals surface area contributed by atoms with Crippen LogP contribution in [0, 0.1) is 19.8 Å². The van der Waals surface area contributed by atoms with E-state index in [1.807, 2.05) is 0 Å². The summed E-state index contributed by atoms with van der Waals surface area (Å²) in [5.41, 5.74) is 10.0. The molecule has 0 aromatic heterocycles. The van der Waals surface area contributed by atoms with Crippen molar-refractivity contribution in [3.8, 4) is 0 Å². The van der Waals surface area contributed by atoms with Crippen LogP contribution < -0.4 is 5.73 Å². The van der Waals surface area contributed by atoms with Crippen LogP contribution in [0.5, 0.6) is 0 Å². The highest BCUT2D eigenvalue weighted by molar-refractivity contribution is 5.33. The lowest BCUT2D eigenvalue weighted by Gasteiger charge is -2.33. The number of methoxy groups -OCH3 is 1. The van der Waals surface area contributed by atoms with Crippen LogP contribution in [0.15, 0.2) is 18.2 Å². The highest BCUT2D eigenvalue weighted by Gasteiger charge is 2.21. The molecule has 0 aliphatic rings. The van der Waals surface area contributed by atoms with E-state index < -0.39 is 0 Å². The number of benzene rings is 1. The van der Waals surface area contributed by atoms with E-state index in [0.717, 1.165) is 19.7 Å². The highest BCUT2D eigenvalue weighted by Crippen LogP contribution is 2.25. The second-order valence-corrected chi connectivity index (χ2v) is 5.99. The Balaban J connectivity index is 3.01. The average Bonchev–Trinajstić information content (AvgIpc) is 2.40. The summed E-state index contributed by atoms with van der Waals surface area (Å²) in [7, 11) is 1.75. The van der Waals surface area contributed by atoms with Crippen molar-refractivity contribution in [2.24, 2.45) is 11.7 Å². The number of hydrogen-bond acceptors (Lipinski definition) is 3. The smallest absolute Gasteiger partial charge is 0.0589 e. The van der Waals surface area contributed by atoms with E-state index in [2.05, 4.69) is 50.8 Å². The summed E-state index contributed by atoms with van der Waals surface area (Å²) >= 11 is 0. The van der Waals surface area contributed by atoms with Crippen molar-refractivity contribution < 1.29 is 4.74 Å². The lowest BCUT2D eigenvalue weighted by Crippen LogP contribution is -2.38. The molecule has 0 fully saturated rings. The van der Waals surface area contributed by atoms with Crippen LogP contribution in [0.4, 0.5) is 0 Å². The Morgan fingerprint density at radius 1 is 1.25 bits per heavy atom. The molecular formula is C17H30N2O. The Morgan fingerprint density at radius 3 is 2.50 bits per heavy atom. The number of rotatable bonds is 8. The quantitative estimate of drug-likeness (QED) is 0.794. The summed E-state index contributed by atoms with van der Waals surface area (Å²) < 4.78 is 5.26. The van der Waals surface area contributed by atoms with Crippen molar-refractivity contribution >= 4 is 0 Å². The van der Waals surface area contributed by atoms with E-state index in [4.69, 9.17) is 10.5 Å². The maximum atomic E-state index is 6.09. The summed E-state index contributed by atoms with van der Waals surface area (Å²) in [5.74, 6) is 0.617. The van der Waals surface area contributed by atoms with Gasteiger partial charge >= 0.3 is 0 Å². The van der Waals surface area contributed by atoms with Crippen LogP contribution >= 0.6 is 0 Å². The average molecular weight is 278 g/mol. The molecule has 0 spiro atoms. The topological polar surface area (TPSA) is 38.5 Å². The molecule has 0 radical (unpaired) electrons. The SMILES string of the molecule is COCCN(CC(C)C)C(CN)c1cc(C)ccc1C. The Hall–Kier alpha value is -0.900. The molecule has 1 rings (SSSR count). The Labute approximate surface area is 124 Å². The zero-order chi connectivity index (χ0) is 15.1. The van der Waals surface area contributed by atoms with Gasteiger partial charge < -0.3 is 10.5 Å². The van der Waals surface area contributed by atoms with Crippen LogP contribution in [-0.4, -0.2) is 38.3 Å². The van der Waals surface area contributed by atoms with Gasteiger partial charge in [0.15, 0.2) is 0 Å². The third kappa shape index (κ3) is 4.89. The summed E-state index contributed by atoms with van der Waals surface area (Å²) in [5, 5.41) is 0. The number of nitrogens with two attached hydrogens (primary N) is 1. The number of hydrogen-bond donors (Lipinski definition) is 1. The van der Waals surface area contributed by atoms with Gasteiger partial charge in [-0.15, -0.1) is 0 Å². The Morgan fingerprint density at radius 2 is 1.95 bits per heavy atom. The lowest BCUT2D eigenvalue weighted by molar-refractivity contribution is 0.111. The zero-order valence-corrected chi connectivity index (χ0v) is 13.6. The maximum Gasteiger partial charge on any atom is 0.0589 e. The van der Waals surface area contributed by atoms with E-state index in [-0.39, 0.29) is 6.04 Å². The molecule has 1 aromatic carbocycles. The van der Waals surface area contributed by atoms with E-state index in [0.29, 0.717) is 12.5 Å². The fourth-order valence-corrected chi connectivity index (χ4v) is 2.64. The van der Waals surface area contributed by atoms with Crippen molar-refractivity contribution in [3.05, 3.63) is 34.9 Å². The summed E-state index contributed by atoms with van der Waals surface area (Å²) in [6, 6.07) is 6.89. The van der Waals surface area contributed by atoms with Gasteiger partial charge in [0.2, 0.25) is 0 Å². The molecule has 1 atom stereocenters. The molecule has 0 aliphatic carbocycles. The minimum atomic E-state index is 0.271. The molecule has 1 unspecified atom stereocenters. The first-order valence-electron chi connectivity index (χ1n) is 7.49. The first-order chi connectivity index (χ1) is 9.49. The van der Waals surface area contributed by atoms with E-state index >= 15 is 0 Å². The second kappa shape index (κ2) is 8.40. The molecule has 0 aliphatic heterocycles. The van der Waals surface area contributed by atoms with Crippen LogP contribution in [0.25, 0.3) is 0 Å². The maximum absolute atomic E-state index is 6.09. The van der Waals surface area contributed by atoms with Gasteiger partial charge in [-0.25, -0.2) is 0 Å². The van der Waals surface area contributed by atoms with Gasteiger partial charge in [0.05, 0.1) is 6.61 Å². The molecule has 1 aromatic rings. The van der Waals surface area contributed by atoms with Crippen molar-refractivity contribution in [1.29, 1.82) is 0 Å². The minimum absolute atomic E-state index is 0.271. The van der Waals surface area contributed by atoms with Crippen molar-refractivity contribution in [2.45, 2.75) is 33.7 Å². The molecule has 0 saturated carbocycles. The lowest BCUT2D eigenvalue weighted by atomic mass is 9.97. The van der Waals surface area contributed by atoms with E-state index in [1.54, 1.807) is 7.11 Å². The number of aryl methyl sites for hydroxylation is 2. The summed E-state index contributed by atoms with van der Waals surface area (Å²) in [4.78, 5) is 2.45. The van der Waals surface area contributed by atoms with Gasteiger partial charge in [0, 0.05) is 32.8 Å². The molecular weight excluding hydrogens is 248 g/mol. The summed E-state index contributed by atoms with van der Waals surface area (Å²) in [6.45, 7) is 12.1. The first kappa shape index (κ1) is 17.2. The fourth-order valence-electron chi connectivity index (χ4n) is 2.64.